The molecule has 0 amide bonds. The zero-order valence-corrected chi connectivity index (χ0v) is 7.89. The van der Waals surface area contributed by atoms with E-state index in [1.165, 1.54) is 5.56 Å². The molecule has 1 heterocycles. The SMILES string of the molecule is [B]c1cc2[nH]c(C)nc2cc1CC. The van der Waals surface area contributed by atoms with Crippen LogP contribution in [0.25, 0.3) is 11.0 Å². The maximum atomic E-state index is 5.86. The number of nitrogens with zero attached hydrogens (tertiary/aromatic N) is 1. The van der Waals surface area contributed by atoms with Gasteiger partial charge in [-0.25, -0.2) is 4.98 Å². The molecule has 0 unspecified atom stereocenters. The van der Waals surface area contributed by atoms with Crippen LogP contribution in [0.15, 0.2) is 12.1 Å². The summed E-state index contributed by atoms with van der Waals surface area (Å²) in [6.07, 6.45) is 0.952. The molecule has 0 spiro atoms. The van der Waals surface area contributed by atoms with Gasteiger partial charge in [0.25, 0.3) is 0 Å². The van der Waals surface area contributed by atoms with Crippen LogP contribution >= 0.6 is 0 Å². The van der Waals surface area contributed by atoms with Gasteiger partial charge in [0.15, 0.2) is 0 Å². The van der Waals surface area contributed by atoms with Gasteiger partial charge >= 0.3 is 0 Å². The number of hydrogen-bond donors (Lipinski definition) is 1. The molecule has 1 N–H and O–H groups in total. The lowest BCUT2D eigenvalue weighted by atomic mass is 9.89. The first-order valence-electron chi connectivity index (χ1n) is 4.45. The second-order valence-corrected chi connectivity index (χ2v) is 3.24. The summed E-state index contributed by atoms with van der Waals surface area (Å²) in [6.45, 7) is 4.04. The molecule has 13 heavy (non-hydrogen) atoms. The number of imidazole rings is 1. The molecule has 0 aliphatic heterocycles. The molecule has 0 saturated carbocycles. The number of benzene rings is 1. The van der Waals surface area contributed by atoms with Crippen molar-refractivity contribution < 1.29 is 0 Å². The minimum atomic E-state index is 0.846. The Morgan fingerprint density at radius 1 is 1.46 bits per heavy atom. The van der Waals surface area contributed by atoms with Crippen molar-refractivity contribution in [3.8, 4) is 0 Å². The maximum absolute atomic E-state index is 5.86. The van der Waals surface area contributed by atoms with Gasteiger partial charge in [-0.2, -0.15) is 0 Å². The fourth-order valence-corrected chi connectivity index (χ4v) is 1.55. The summed E-state index contributed by atoms with van der Waals surface area (Å²) in [4.78, 5) is 7.51. The van der Waals surface area contributed by atoms with Crippen LogP contribution < -0.4 is 5.46 Å². The van der Waals surface area contributed by atoms with Crippen molar-refractivity contribution in [2.45, 2.75) is 20.3 Å². The van der Waals surface area contributed by atoms with E-state index in [1.807, 2.05) is 19.1 Å². The molecule has 2 nitrogen and oxygen atoms in total. The topological polar surface area (TPSA) is 28.7 Å². The number of aromatic amines is 1. The number of aromatic nitrogens is 2. The van der Waals surface area contributed by atoms with E-state index < -0.39 is 0 Å². The number of fused-ring (bicyclic) bond motifs is 1. The molecule has 1 aromatic heterocycles. The molecule has 2 radical (unpaired) electrons. The molecule has 0 bridgehead atoms. The number of nitrogens with one attached hydrogen (secondary N) is 1. The van der Waals surface area contributed by atoms with Crippen molar-refractivity contribution in [2.75, 3.05) is 0 Å². The van der Waals surface area contributed by atoms with Gasteiger partial charge in [0.05, 0.1) is 11.0 Å². The highest BCUT2D eigenvalue weighted by molar-refractivity contribution is 6.34. The van der Waals surface area contributed by atoms with Crippen molar-refractivity contribution >= 4 is 24.3 Å². The van der Waals surface area contributed by atoms with Gasteiger partial charge in [0, 0.05) is 0 Å². The Kier molecular flexibility index (Phi) is 1.87. The van der Waals surface area contributed by atoms with Gasteiger partial charge in [-0.1, -0.05) is 17.9 Å². The molecule has 0 saturated heterocycles. The van der Waals surface area contributed by atoms with Crippen molar-refractivity contribution in [2.24, 2.45) is 0 Å². The van der Waals surface area contributed by atoms with E-state index in [1.54, 1.807) is 0 Å². The second-order valence-electron chi connectivity index (χ2n) is 3.24. The zero-order valence-electron chi connectivity index (χ0n) is 7.89. The quantitative estimate of drug-likeness (QED) is 0.640. The van der Waals surface area contributed by atoms with Crippen molar-refractivity contribution in [3.05, 3.63) is 23.5 Å². The Bertz CT molecular complexity index is 445. The highest BCUT2D eigenvalue weighted by Crippen LogP contribution is 2.11. The molecule has 0 atom stereocenters. The van der Waals surface area contributed by atoms with Crippen molar-refractivity contribution in [1.82, 2.24) is 9.97 Å². The zero-order chi connectivity index (χ0) is 9.42. The van der Waals surface area contributed by atoms with E-state index >= 15 is 0 Å². The maximum Gasteiger partial charge on any atom is 0.114 e. The van der Waals surface area contributed by atoms with Crippen LogP contribution in [0.4, 0.5) is 0 Å². The van der Waals surface area contributed by atoms with Crippen LogP contribution in [0.3, 0.4) is 0 Å². The molecule has 3 heteroatoms. The predicted octanol–water partition coefficient (Wildman–Crippen LogP) is 1.23. The van der Waals surface area contributed by atoms with Gasteiger partial charge < -0.3 is 4.98 Å². The molecule has 2 aromatic rings. The van der Waals surface area contributed by atoms with Crippen LogP contribution in [0.2, 0.25) is 0 Å². The number of H-pyrrole nitrogens is 1. The highest BCUT2D eigenvalue weighted by Gasteiger charge is 2.02. The van der Waals surface area contributed by atoms with Gasteiger partial charge in [-0.15, -0.1) is 0 Å². The van der Waals surface area contributed by atoms with E-state index in [0.29, 0.717) is 0 Å². The number of aryl methyl sites for hydroxylation is 2. The predicted molar refractivity (Wildman–Crippen MR) is 55.6 cm³/mol. The summed E-state index contributed by atoms with van der Waals surface area (Å²) in [5.41, 5.74) is 4.04. The van der Waals surface area contributed by atoms with Crippen molar-refractivity contribution in [3.63, 3.8) is 0 Å². The number of rotatable bonds is 1. The fourth-order valence-electron chi connectivity index (χ4n) is 1.55. The van der Waals surface area contributed by atoms with Crippen molar-refractivity contribution in [1.29, 1.82) is 0 Å². The Labute approximate surface area is 78.8 Å². The Morgan fingerprint density at radius 2 is 2.23 bits per heavy atom. The molecule has 64 valence electrons. The van der Waals surface area contributed by atoms with E-state index in [0.717, 1.165) is 28.7 Å². The van der Waals surface area contributed by atoms with E-state index in [9.17, 15) is 0 Å². The lowest BCUT2D eigenvalue weighted by Gasteiger charge is -2.01. The smallest absolute Gasteiger partial charge is 0.114 e. The first-order valence-corrected chi connectivity index (χ1v) is 4.45. The third-order valence-corrected chi connectivity index (χ3v) is 2.24. The lowest BCUT2D eigenvalue weighted by Crippen LogP contribution is -2.08. The van der Waals surface area contributed by atoms with Crippen LogP contribution in [0.5, 0.6) is 0 Å². The molecule has 0 fully saturated rings. The van der Waals surface area contributed by atoms with Crippen LogP contribution in [-0.4, -0.2) is 17.8 Å². The lowest BCUT2D eigenvalue weighted by molar-refractivity contribution is 1.15. The van der Waals surface area contributed by atoms with Gasteiger partial charge in [0.2, 0.25) is 0 Å². The largest absolute Gasteiger partial charge is 0.342 e. The third-order valence-electron chi connectivity index (χ3n) is 2.24. The fraction of sp³-hybridized carbons (Fsp3) is 0.300. The summed E-state index contributed by atoms with van der Waals surface area (Å²) in [5, 5.41) is 0. The standard InChI is InChI=1S/C10H11BN2/c1-3-7-4-9-10(5-8(7)11)13-6(2)12-9/h4-5H,3H2,1-2H3,(H,12,13). The van der Waals surface area contributed by atoms with Gasteiger partial charge in [-0.3, -0.25) is 0 Å². The first-order chi connectivity index (χ1) is 6.20. The Balaban J connectivity index is 2.72. The molecule has 1 aromatic carbocycles. The van der Waals surface area contributed by atoms with Crippen LogP contribution in [0, 0.1) is 6.92 Å². The first kappa shape index (κ1) is 8.36. The third kappa shape index (κ3) is 1.35. The van der Waals surface area contributed by atoms with Gasteiger partial charge in [0.1, 0.15) is 13.7 Å². The van der Waals surface area contributed by atoms with E-state index in [2.05, 4.69) is 16.9 Å². The molecular weight excluding hydrogens is 159 g/mol. The minimum Gasteiger partial charge on any atom is -0.342 e. The average Bonchev–Trinajstić information content (AvgIpc) is 2.42. The molecule has 0 aliphatic rings. The summed E-state index contributed by atoms with van der Waals surface area (Å²) in [6, 6.07) is 4.00. The summed E-state index contributed by atoms with van der Waals surface area (Å²) >= 11 is 0. The normalized spacial score (nSPS) is 10.9. The van der Waals surface area contributed by atoms with Crippen LogP contribution in [-0.2, 0) is 6.42 Å². The molecular formula is C10H11BN2. The highest BCUT2D eigenvalue weighted by atomic mass is 14.9. The Morgan fingerprint density at radius 3 is 2.92 bits per heavy atom. The summed E-state index contributed by atoms with van der Waals surface area (Å²) < 4.78 is 0. The number of hydrogen-bond acceptors (Lipinski definition) is 1. The minimum absolute atomic E-state index is 0.846. The monoisotopic (exact) mass is 170 g/mol. The average molecular weight is 170 g/mol. The second kappa shape index (κ2) is 2.91. The van der Waals surface area contributed by atoms with E-state index in [-0.39, 0.29) is 0 Å². The Hall–Kier alpha value is -1.25. The van der Waals surface area contributed by atoms with Crippen LogP contribution in [0.1, 0.15) is 18.3 Å². The van der Waals surface area contributed by atoms with E-state index in [4.69, 9.17) is 7.85 Å². The summed E-state index contributed by atoms with van der Waals surface area (Å²) in [7, 11) is 5.86. The summed E-state index contributed by atoms with van der Waals surface area (Å²) in [5.74, 6) is 0.933. The van der Waals surface area contributed by atoms with Gasteiger partial charge in [-0.05, 0) is 25.5 Å². The molecule has 0 aliphatic carbocycles. The molecule has 2 rings (SSSR count).